The predicted octanol–water partition coefficient (Wildman–Crippen LogP) is 1.82. The topological polar surface area (TPSA) is 67.8 Å². The van der Waals surface area contributed by atoms with Gasteiger partial charge in [0.05, 0.1) is 12.7 Å². The van der Waals surface area contributed by atoms with E-state index < -0.39 is 11.6 Å². The number of hydrogen-bond acceptors (Lipinski definition) is 5. The molecule has 23 heavy (non-hydrogen) atoms. The molecule has 1 unspecified atom stereocenters. The number of carbonyl (C=O) groups is 1. The standard InChI is InChI=1S/C18H19NO4/c1-19-11-18(21)14-8-7-12(17(20)22-2)9-13(14)10-23-16-6-4-3-5-15(16)18/h3-9,19,21H,10-11H2,1-2H3. The number of fused-ring (bicyclic) bond motifs is 2. The molecule has 0 radical (unpaired) electrons. The van der Waals surface area contributed by atoms with Crippen LogP contribution in [0.4, 0.5) is 0 Å². The second-order valence-electron chi connectivity index (χ2n) is 5.54. The third-order valence-corrected chi connectivity index (χ3v) is 4.12. The monoisotopic (exact) mass is 313 g/mol. The summed E-state index contributed by atoms with van der Waals surface area (Å²) in [5.41, 5.74) is 1.41. The van der Waals surface area contributed by atoms with Gasteiger partial charge in [-0.05, 0) is 36.4 Å². The van der Waals surface area contributed by atoms with E-state index in [1.54, 1.807) is 25.2 Å². The third-order valence-electron chi connectivity index (χ3n) is 4.12. The molecule has 0 aromatic heterocycles. The first-order valence-electron chi connectivity index (χ1n) is 7.41. The van der Waals surface area contributed by atoms with Gasteiger partial charge in [-0.1, -0.05) is 24.3 Å². The highest BCUT2D eigenvalue weighted by Gasteiger charge is 2.37. The zero-order valence-electron chi connectivity index (χ0n) is 13.1. The van der Waals surface area contributed by atoms with Gasteiger partial charge in [-0.3, -0.25) is 0 Å². The Morgan fingerprint density at radius 1 is 1.30 bits per heavy atom. The first-order chi connectivity index (χ1) is 11.1. The number of ether oxygens (including phenoxy) is 2. The maximum absolute atomic E-state index is 11.8. The van der Waals surface area contributed by atoms with Crippen molar-refractivity contribution in [2.75, 3.05) is 20.7 Å². The number of para-hydroxylation sites is 1. The molecule has 0 fully saturated rings. The van der Waals surface area contributed by atoms with E-state index in [4.69, 9.17) is 9.47 Å². The first-order valence-corrected chi connectivity index (χ1v) is 7.41. The van der Waals surface area contributed by atoms with Gasteiger partial charge in [0.2, 0.25) is 0 Å². The largest absolute Gasteiger partial charge is 0.488 e. The number of likely N-dealkylation sites (N-methyl/N-ethyl adjacent to an activating group) is 1. The zero-order valence-corrected chi connectivity index (χ0v) is 13.1. The van der Waals surface area contributed by atoms with E-state index >= 15 is 0 Å². The molecule has 5 nitrogen and oxygen atoms in total. The summed E-state index contributed by atoms with van der Waals surface area (Å²) in [5, 5.41) is 14.4. The van der Waals surface area contributed by atoms with Gasteiger partial charge in [-0.25, -0.2) is 4.79 Å². The zero-order chi connectivity index (χ0) is 16.4. The molecule has 1 aliphatic heterocycles. The molecule has 2 N–H and O–H groups in total. The van der Waals surface area contributed by atoms with Crippen LogP contribution in [0.3, 0.4) is 0 Å². The Morgan fingerprint density at radius 3 is 2.83 bits per heavy atom. The van der Waals surface area contributed by atoms with Gasteiger partial charge in [0.25, 0.3) is 0 Å². The Labute approximate surface area is 134 Å². The lowest BCUT2D eigenvalue weighted by atomic mass is 9.83. The van der Waals surface area contributed by atoms with Gasteiger partial charge >= 0.3 is 5.97 Å². The van der Waals surface area contributed by atoms with Gasteiger partial charge in [-0.15, -0.1) is 0 Å². The lowest BCUT2D eigenvalue weighted by Gasteiger charge is -2.29. The van der Waals surface area contributed by atoms with Crippen LogP contribution in [0.2, 0.25) is 0 Å². The molecular weight excluding hydrogens is 294 g/mol. The molecule has 2 aromatic rings. The number of hydrogen-bond donors (Lipinski definition) is 2. The van der Waals surface area contributed by atoms with Crippen LogP contribution < -0.4 is 10.1 Å². The van der Waals surface area contributed by atoms with Crippen LogP contribution in [0.15, 0.2) is 42.5 Å². The quantitative estimate of drug-likeness (QED) is 0.846. The fourth-order valence-corrected chi connectivity index (χ4v) is 3.04. The molecule has 5 heteroatoms. The van der Waals surface area contributed by atoms with Crippen LogP contribution in [0.1, 0.15) is 27.0 Å². The van der Waals surface area contributed by atoms with Crippen LogP contribution in [0.25, 0.3) is 0 Å². The van der Waals surface area contributed by atoms with Crippen LogP contribution in [0, 0.1) is 0 Å². The van der Waals surface area contributed by atoms with Crippen LogP contribution in [-0.4, -0.2) is 31.8 Å². The summed E-state index contributed by atoms with van der Waals surface area (Å²) in [7, 11) is 3.13. The molecule has 1 heterocycles. The molecule has 1 aliphatic rings. The lowest BCUT2D eigenvalue weighted by Crippen LogP contribution is -2.38. The molecular formula is C18H19NO4. The number of benzene rings is 2. The minimum absolute atomic E-state index is 0.281. The molecule has 3 rings (SSSR count). The summed E-state index contributed by atoms with van der Waals surface area (Å²) in [4.78, 5) is 11.8. The van der Waals surface area contributed by atoms with Crippen molar-refractivity contribution in [2.24, 2.45) is 0 Å². The molecule has 0 bridgehead atoms. The van der Waals surface area contributed by atoms with Crippen LogP contribution in [0.5, 0.6) is 5.75 Å². The van der Waals surface area contributed by atoms with E-state index in [2.05, 4.69) is 5.32 Å². The van der Waals surface area contributed by atoms with Crippen molar-refractivity contribution < 1.29 is 19.4 Å². The van der Waals surface area contributed by atoms with Crippen LogP contribution >= 0.6 is 0 Å². The highest BCUT2D eigenvalue weighted by molar-refractivity contribution is 5.89. The molecule has 1 atom stereocenters. The number of methoxy groups -OCH3 is 1. The number of nitrogens with one attached hydrogen (secondary N) is 1. The van der Waals surface area contributed by atoms with Gasteiger partial charge in [0.15, 0.2) is 0 Å². The molecule has 2 aromatic carbocycles. The Balaban J connectivity index is 2.18. The number of aliphatic hydroxyl groups is 1. The van der Waals surface area contributed by atoms with Crippen molar-refractivity contribution in [3.63, 3.8) is 0 Å². The first kappa shape index (κ1) is 15.5. The van der Waals surface area contributed by atoms with Crippen molar-refractivity contribution in [3.8, 4) is 5.75 Å². The van der Waals surface area contributed by atoms with E-state index in [-0.39, 0.29) is 6.61 Å². The third kappa shape index (κ3) is 2.58. The lowest BCUT2D eigenvalue weighted by molar-refractivity contribution is 0.0599. The second kappa shape index (κ2) is 6.02. The van der Waals surface area contributed by atoms with Crippen molar-refractivity contribution in [2.45, 2.75) is 12.2 Å². The van der Waals surface area contributed by atoms with Gasteiger partial charge in [0, 0.05) is 12.1 Å². The maximum atomic E-state index is 11.8. The molecule has 0 saturated carbocycles. The van der Waals surface area contributed by atoms with E-state index in [1.807, 2.05) is 24.3 Å². The minimum atomic E-state index is -1.23. The average Bonchev–Trinajstić information content (AvgIpc) is 2.70. The average molecular weight is 313 g/mol. The predicted molar refractivity (Wildman–Crippen MR) is 85.5 cm³/mol. The fourth-order valence-electron chi connectivity index (χ4n) is 3.04. The highest BCUT2D eigenvalue weighted by atomic mass is 16.5. The van der Waals surface area contributed by atoms with E-state index in [0.717, 1.165) is 11.1 Å². The minimum Gasteiger partial charge on any atom is -0.488 e. The fraction of sp³-hybridized carbons (Fsp3) is 0.278. The molecule has 0 amide bonds. The Kier molecular flexibility index (Phi) is 4.07. The van der Waals surface area contributed by atoms with Gasteiger partial charge < -0.3 is 19.9 Å². The van der Waals surface area contributed by atoms with Crippen molar-refractivity contribution in [3.05, 3.63) is 64.7 Å². The molecule has 0 aliphatic carbocycles. The highest BCUT2D eigenvalue weighted by Crippen LogP contribution is 2.40. The maximum Gasteiger partial charge on any atom is 0.337 e. The van der Waals surface area contributed by atoms with Crippen molar-refractivity contribution in [1.82, 2.24) is 5.32 Å². The summed E-state index contributed by atoms with van der Waals surface area (Å²) in [5.74, 6) is 0.229. The molecule has 120 valence electrons. The molecule has 0 spiro atoms. The summed E-state index contributed by atoms with van der Waals surface area (Å²) in [6.45, 7) is 0.612. The Morgan fingerprint density at radius 2 is 2.09 bits per heavy atom. The van der Waals surface area contributed by atoms with Gasteiger partial charge in [0.1, 0.15) is 18.0 Å². The summed E-state index contributed by atoms with van der Waals surface area (Å²) < 4.78 is 10.6. The number of esters is 1. The van der Waals surface area contributed by atoms with E-state index in [9.17, 15) is 9.90 Å². The van der Waals surface area contributed by atoms with Crippen LogP contribution in [-0.2, 0) is 16.9 Å². The van der Waals surface area contributed by atoms with Crippen molar-refractivity contribution in [1.29, 1.82) is 0 Å². The number of rotatable bonds is 3. The normalized spacial score (nSPS) is 19.1. The number of carbonyl (C=O) groups excluding carboxylic acids is 1. The van der Waals surface area contributed by atoms with E-state index in [1.165, 1.54) is 7.11 Å². The summed E-state index contributed by atoms with van der Waals surface area (Å²) in [6.07, 6.45) is 0. The van der Waals surface area contributed by atoms with Gasteiger partial charge in [-0.2, -0.15) is 0 Å². The van der Waals surface area contributed by atoms with E-state index in [0.29, 0.717) is 23.4 Å². The molecule has 0 saturated heterocycles. The summed E-state index contributed by atoms with van der Waals surface area (Å²) in [6, 6.07) is 12.6. The second-order valence-corrected chi connectivity index (χ2v) is 5.54. The smallest absolute Gasteiger partial charge is 0.337 e. The Bertz CT molecular complexity index is 744. The summed E-state index contributed by atoms with van der Waals surface area (Å²) >= 11 is 0. The van der Waals surface area contributed by atoms with Crippen molar-refractivity contribution >= 4 is 5.97 Å². The SMILES string of the molecule is CNCC1(O)c2ccc(C(=O)OC)cc2COc2ccccc21. The Hall–Kier alpha value is -2.37.